The van der Waals surface area contributed by atoms with Crippen molar-refractivity contribution in [3.63, 3.8) is 0 Å². The normalized spacial score (nSPS) is 10.8. The Morgan fingerprint density at radius 1 is 1.25 bits per heavy atom. The fraction of sp³-hybridized carbons (Fsp3) is 0.500. The molecule has 2 aromatic heterocycles. The average molecular weight is 276 g/mol. The molecule has 2 heterocycles. The van der Waals surface area contributed by atoms with Crippen LogP contribution in [0.3, 0.4) is 0 Å². The van der Waals surface area contributed by atoms with E-state index in [1.54, 1.807) is 0 Å². The molecule has 2 N–H and O–H groups in total. The van der Waals surface area contributed by atoms with E-state index >= 15 is 0 Å². The molecular formula is C14H20N4O2. The minimum Gasteiger partial charge on any atom is -0.482 e. The Morgan fingerprint density at radius 2 is 2.10 bits per heavy atom. The van der Waals surface area contributed by atoms with Crippen LogP contribution in [0.2, 0.25) is 0 Å². The molecule has 2 rings (SSSR count). The largest absolute Gasteiger partial charge is 0.482 e. The fourth-order valence-electron chi connectivity index (χ4n) is 1.86. The summed E-state index contributed by atoms with van der Waals surface area (Å²) >= 11 is 0. The molecule has 0 saturated heterocycles. The molecule has 0 fully saturated rings. The Kier molecular flexibility index (Phi) is 5.06. The zero-order valence-corrected chi connectivity index (χ0v) is 11.9. The monoisotopic (exact) mass is 276 g/mol. The van der Waals surface area contributed by atoms with Crippen molar-refractivity contribution in [1.82, 2.24) is 15.1 Å². The summed E-state index contributed by atoms with van der Waals surface area (Å²) in [6.45, 7) is 4.80. The number of ether oxygens (including phenoxy) is 1. The van der Waals surface area contributed by atoms with Crippen LogP contribution in [-0.2, 0) is 19.4 Å². The Morgan fingerprint density at radius 3 is 2.85 bits per heavy atom. The van der Waals surface area contributed by atoms with Crippen LogP contribution < -0.4 is 10.5 Å². The second-order valence-corrected chi connectivity index (χ2v) is 4.58. The van der Waals surface area contributed by atoms with Gasteiger partial charge in [-0.15, -0.1) is 0 Å². The maximum atomic E-state index is 5.71. The molecule has 0 spiro atoms. The minimum atomic E-state index is 0.249. The Labute approximate surface area is 118 Å². The highest BCUT2D eigenvalue weighted by molar-refractivity contribution is 5.29. The van der Waals surface area contributed by atoms with Gasteiger partial charge in [0.15, 0.2) is 12.4 Å². The summed E-state index contributed by atoms with van der Waals surface area (Å²) in [5.41, 5.74) is 7.40. The van der Waals surface area contributed by atoms with E-state index in [0.717, 1.165) is 35.8 Å². The Bertz CT molecular complexity index is 554. The third-order valence-electron chi connectivity index (χ3n) is 2.79. The van der Waals surface area contributed by atoms with Crippen molar-refractivity contribution in [3.8, 4) is 5.75 Å². The average Bonchev–Trinajstić information content (AvgIpc) is 2.86. The van der Waals surface area contributed by atoms with E-state index in [9.17, 15) is 0 Å². The van der Waals surface area contributed by atoms with Gasteiger partial charge in [0.1, 0.15) is 5.75 Å². The van der Waals surface area contributed by atoms with E-state index in [1.807, 2.05) is 19.1 Å². The van der Waals surface area contributed by atoms with Gasteiger partial charge in [-0.2, -0.15) is 4.98 Å². The van der Waals surface area contributed by atoms with Gasteiger partial charge in [-0.05, 0) is 32.0 Å². The van der Waals surface area contributed by atoms with Gasteiger partial charge in [-0.1, -0.05) is 12.1 Å². The lowest BCUT2D eigenvalue weighted by Crippen LogP contribution is -2.08. The Hall–Kier alpha value is -1.95. The second-order valence-electron chi connectivity index (χ2n) is 4.58. The number of nitrogens with zero attached hydrogens (tertiary/aromatic N) is 3. The molecule has 0 saturated carbocycles. The van der Waals surface area contributed by atoms with Crippen LogP contribution in [-0.4, -0.2) is 21.7 Å². The number of aromatic nitrogens is 3. The molecule has 0 bridgehead atoms. The van der Waals surface area contributed by atoms with Gasteiger partial charge < -0.3 is 15.0 Å². The van der Waals surface area contributed by atoms with Crippen molar-refractivity contribution in [2.75, 3.05) is 6.54 Å². The van der Waals surface area contributed by atoms with E-state index in [1.165, 1.54) is 0 Å². The van der Waals surface area contributed by atoms with E-state index in [0.29, 0.717) is 18.9 Å². The van der Waals surface area contributed by atoms with Crippen LogP contribution in [0.4, 0.5) is 0 Å². The number of aryl methyl sites for hydroxylation is 2. The van der Waals surface area contributed by atoms with Crippen molar-refractivity contribution in [3.05, 3.63) is 35.2 Å². The lowest BCUT2D eigenvalue weighted by Gasteiger charge is -2.09. The summed E-state index contributed by atoms with van der Waals surface area (Å²) in [6.07, 6.45) is 2.48. The molecule has 6 heteroatoms. The van der Waals surface area contributed by atoms with E-state index in [4.69, 9.17) is 15.0 Å². The standard InChI is InChI=1S/C14H20N4O2/c1-3-4-13-17-14(20-18-13)9-19-12-6-5-10(2)16-11(12)7-8-15/h5-6H,3-4,7-9,15H2,1-2H3. The lowest BCUT2D eigenvalue weighted by molar-refractivity contribution is 0.239. The van der Waals surface area contributed by atoms with Gasteiger partial charge in [0.2, 0.25) is 0 Å². The summed E-state index contributed by atoms with van der Waals surface area (Å²) in [5, 5.41) is 3.89. The highest BCUT2D eigenvalue weighted by Gasteiger charge is 2.09. The first-order valence-electron chi connectivity index (χ1n) is 6.83. The zero-order chi connectivity index (χ0) is 14.4. The topological polar surface area (TPSA) is 87.1 Å². The van der Waals surface area contributed by atoms with Crippen LogP contribution in [0.5, 0.6) is 5.75 Å². The number of hydrogen-bond donors (Lipinski definition) is 1. The van der Waals surface area contributed by atoms with Crippen molar-refractivity contribution < 1.29 is 9.26 Å². The van der Waals surface area contributed by atoms with Crippen LogP contribution in [0, 0.1) is 6.92 Å². The van der Waals surface area contributed by atoms with Gasteiger partial charge in [0.05, 0.1) is 5.69 Å². The first-order valence-corrected chi connectivity index (χ1v) is 6.83. The summed E-state index contributed by atoms with van der Waals surface area (Å²) in [5.74, 6) is 1.92. The molecule has 108 valence electrons. The molecule has 0 aliphatic rings. The SMILES string of the molecule is CCCc1noc(COc2ccc(C)nc2CCN)n1. The predicted molar refractivity (Wildman–Crippen MR) is 74.4 cm³/mol. The lowest BCUT2D eigenvalue weighted by atomic mass is 10.2. The molecule has 0 atom stereocenters. The van der Waals surface area contributed by atoms with Crippen LogP contribution >= 0.6 is 0 Å². The number of pyridine rings is 1. The molecule has 2 aromatic rings. The molecular weight excluding hydrogens is 256 g/mol. The second kappa shape index (κ2) is 7.00. The molecule has 0 amide bonds. The van der Waals surface area contributed by atoms with Crippen LogP contribution in [0.1, 0.15) is 36.4 Å². The molecule has 0 aliphatic heterocycles. The van der Waals surface area contributed by atoms with Crippen LogP contribution in [0.25, 0.3) is 0 Å². The first-order chi connectivity index (χ1) is 9.72. The molecule has 6 nitrogen and oxygen atoms in total. The van der Waals surface area contributed by atoms with Gasteiger partial charge in [0, 0.05) is 18.5 Å². The van der Waals surface area contributed by atoms with Crippen molar-refractivity contribution in [2.24, 2.45) is 5.73 Å². The quantitative estimate of drug-likeness (QED) is 0.829. The minimum absolute atomic E-state index is 0.249. The van der Waals surface area contributed by atoms with Gasteiger partial charge >= 0.3 is 0 Å². The number of hydrogen-bond acceptors (Lipinski definition) is 6. The summed E-state index contributed by atoms with van der Waals surface area (Å²) < 4.78 is 10.8. The smallest absolute Gasteiger partial charge is 0.264 e. The molecule has 0 radical (unpaired) electrons. The third kappa shape index (κ3) is 3.77. The van der Waals surface area contributed by atoms with Crippen LogP contribution in [0.15, 0.2) is 16.7 Å². The molecule has 0 aromatic carbocycles. The first kappa shape index (κ1) is 14.5. The van der Waals surface area contributed by atoms with Gasteiger partial charge in [-0.3, -0.25) is 4.98 Å². The predicted octanol–water partition coefficient (Wildman–Crippen LogP) is 1.81. The summed E-state index contributed by atoms with van der Waals surface area (Å²) in [7, 11) is 0. The molecule has 20 heavy (non-hydrogen) atoms. The van der Waals surface area contributed by atoms with E-state index < -0.39 is 0 Å². The Balaban J connectivity index is 2.02. The molecule has 0 unspecified atom stereocenters. The zero-order valence-electron chi connectivity index (χ0n) is 11.9. The van der Waals surface area contributed by atoms with Gasteiger partial charge in [0.25, 0.3) is 5.89 Å². The highest BCUT2D eigenvalue weighted by Crippen LogP contribution is 2.18. The third-order valence-corrected chi connectivity index (χ3v) is 2.79. The highest BCUT2D eigenvalue weighted by atomic mass is 16.5. The van der Waals surface area contributed by atoms with Crippen molar-refractivity contribution in [2.45, 2.75) is 39.7 Å². The maximum Gasteiger partial charge on any atom is 0.264 e. The van der Waals surface area contributed by atoms with E-state index in [-0.39, 0.29) is 6.61 Å². The fourth-order valence-corrected chi connectivity index (χ4v) is 1.86. The number of nitrogens with two attached hydrogens (primary N) is 1. The molecule has 0 aliphatic carbocycles. The summed E-state index contributed by atoms with van der Waals surface area (Å²) in [4.78, 5) is 8.70. The van der Waals surface area contributed by atoms with Crippen molar-refractivity contribution >= 4 is 0 Å². The number of rotatable bonds is 7. The van der Waals surface area contributed by atoms with Gasteiger partial charge in [-0.25, -0.2) is 0 Å². The van der Waals surface area contributed by atoms with Crippen molar-refractivity contribution in [1.29, 1.82) is 0 Å². The maximum absolute atomic E-state index is 5.71. The summed E-state index contributed by atoms with van der Waals surface area (Å²) in [6, 6.07) is 3.81. The van der Waals surface area contributed by atoms with E-state index in [2.05, 4.69) is 22.0 Å².